The minimum atomic E-state index is -0.423. The van der Waals surface area contributed by atoms with Crippen LogP contribution in [-0.2, 0) is 9.59 Å². The topological polar surface area (TPSA) is 61.4 Å². The lowest BCUT2D eigenvalue weighted by Crippen LogP contribution is -2.30. The summed E-state index contributed by atoms with van der Waals surface area (Å²) in [6.45, 7) is 2.04. The Kier molecular flexibility index (Phi) is 4.61. The number of para-hydroxylation sites is 3. The van der Waals surface area contributed by atoms with Gasteiger partial charge in [-0.3, -0.25) is 9.59 Å². The molecule has 2 aromatic rings. The lowest BCUT2D eigenvalue weighted by molar-refractivity contribution is -0.122. The summed E-state index contributed by atoms with van der Waals surface area (Å²) in [6, 6.07) is 15.5. The zero-order valence-corrected chi connectivity index (χ0v) is 14.7. The molecular weight excluding hydrogens is 326 g/mol. The van der Waals surface area contributed by atoms with Gasteiger partial charge < -0.3 is 15.5 Å². The van der Waals surface area contributed by atoms with E-state index in [1.165, 1.54) is 19.3 Å². The molecule has 0 aromatic heterocycles. The van der Waals surface area contributed by atoms with E-state index < -0.39 is 5.92 Å². The zero-order chi connectivity index (χ0) is 17.9. The summed E-state index contributed by atoms with van der Waals surface area (Å²) in [5.74, 6) is -0.662. The average molecular weight is 349 g/mol. The van der Waals surface area contributed by atoms with Crippen LogP contribution in [0.3, 0.4) is 0 Å². The summed E-state index contributed by atoms with van der Waals surface area (Å²) in [6.07, 6.45) is 3.78. The molecule has 2 aliphatic rings. The number of hydrogen-bond acceptors (Lipinski definition) is 3. The number of nitrogens with one attached hydrogen (secondary N) is 2. The van der Waals surface area contributed by atoms with Crippen molar-refractivity contribution in [3.05, 3.63) is 54.1 Å². The Hall–Kier alpha value is -2.82. The van der Waals surface area contributed by atoms with Crippen LogP contribution in [0.5, 0.6) is 0 Å². The molecule has 5 nitrogen and oxygen atoms in total. The van der Waals surface area contributed by atoms with Crippen molar-refractivity contribution in [3.63, 3.8) is 0 Å². The molecule has 2 N–H and O–H groups in total. The molecular formula is C21H23N3O2. The summed E-state index contributed by atoms with van der Waals surface area (Å²) in [4.78, 5) is 27.2. The number of amides is 2. The predicted molar refractivity (Wildman–Crippen MR) is 104 cm³/mol. The molecule has 0 unspecified atom stereocenters. The maximum atomic E-state index is 12.6. The maximum absolute atomic E-state index is 12.6. The van der Waals surface area contributed by atoms with Crippen molar-refractivity contribution < 1.29 is 9.59 Å². The van der Waals surface area contributed by atoms with Crippen molar-refractivity contribution in [3.8, 4) is 0 Å². The third-order valence-corrected chi connectivity index (χ3v) is 5.17. The van der Waals surface area contributed by atoms with Crippen LogP contribution in [-0.4, -0.2) is 24.9 Å². The summed E-state index contributed by atoms with van der Waals surface area (Å²) in [5.41, 5.74) is 3.60. The third kappa shape index (κ3) is 3.29. The first kappa shape index (κ1) is 16.6. The molecule has 0 aliphatic carbocycles. The normalized spacial score (nSPS) is 19.0. The number of fused-ring (bicyclic) bond motifs is 1. The minimum absolute atomic E-state index is 0.106. The number of carbonyl (C=O) groups is 2. The molecule has 0 saturated carbocycles. The van der Waals surface area contributed by atoms with E-state index >= 15 is 0 Å². The fraction of sp³-hybridized carbons (Fsp3) is 0.333. The predicted octanol–water partition coefficient (Wildman–Crippen LogP) is 3.74. The zero-order valence-electron chi connectivity index (χ0n) is 14.7. The summed E-state index contributed by atoms with van der Waals surface area (Å²) < 4.78 is 0. The molecule has 1 saturated heterocycles. The smallest absolute Gasteiger partial charge is 0.232 e. The van der Waals surface area contributed by atoms with E-state index in [-0.39, 0.29) is 18.2 Å². The summed E-state index contributed by atoms with van der Waals surface area (Å²) in [5, 5.41) is 5.88. The Labute approximate surface area is 153 Å². The number of hydrogen-bond donors (Lipinski definition) is 2. The highest BCUT2D eigenvalue weighted by Gasteiger charge is 2.32. The van der Waals surface area contributed by atoms with E-state index in [9.17, 15) is 9.59 Å². The fourth-order valence-corrected chi connectivity index (χ4v) is 3.85. The molecule has 1 atom stereocenters. The van der Waals surface area contributed by atoms with Crippen LogP contribution in [0, 0.1) is 0 Å². The van der Waals surface area contributed by atoms with Crippen LogP contribution in [0.1, 0.15) is 37.2 Å². The molecule has 2 aromatic carbocycles. The summed E-state index contributed by atoms with van der Waals surface area (Å²) >= 11 is 0. The first-order valence-corrected chi connectivity index (χ1v) is 9.26. The van der Waals surface area contributed by atoms with Crippen molar-refractivity contribution in [2.24, 2.45) is 0 Å². The van der Waals surface area contributed by atoms with E-state index in [0.717, 1.165) is 35.7 Å². The van der Waals surface area contributed by atoms with Crippen LogP contribution in [0.4, 0.5) is 17.1 Å². The van der Waals surface area contributed by atoms with Gasteiger partial charge in [0, 0.05) is 25.2 Å². The lowest BCUT2D eigenvalue weighted by atomic mass is 9.97. The van der Waals surface area contributed by atoms with Crippen molar-refractivity contribution in [2.75, 3.05) is 28.6 Å². The van der Waals surface area contributed by atoms with E-state index in [0.29, 0.717) is 0 Å². The highest BCUT2D eigenvalue weighted by Crippen LogP contribution is 2.35. The molecule has 4 rings (SSSR count). The minimum Gasteiger partial charge on any atom is -0.370 e. The van der Waals surface area contributed by atoms with Crippen LogP contribution in [0.2, 0.25) is 0 Å². The molecule has 2 heterocycles. The van der Waals surface area contributed by atoms with Crippen LogP contribution in [0.25, 0.3) is 0 Å². The van der Waals surface area contributed by atoms with Gasteiger partial charge >= 0.3 is 0 Å². The third-order valence-electron chi connectivity index (χ3n) is 5.17. The molecule has 0 radical (unpaired) electrons. The first-order chi connectivity index (χ1) is 12.7. The SMILES string of the molecule is O=C(C[C@H]1C(=O)Nc2ccccc21)Nc1ccccc1N1CCCCC1. The van der Waals surface area contributed by atoms with Gasteiger partial charge in [0.2, 0.25) is 11.8 Å². The quantitative estimate of drug-likeness (QED) is 0.884. The number of benzene rings is 2. The Morgan fingerprint density at radius 3 is 2.62 bits per heavy atom. The van der Waals surface area contributed by atoms with Crippen LogP contribution >= 0.6 is 0 Å². The standard InChI is InChI=1S/C21H23N3O2/c25-20(14-16-15-8-2-3-9-17(15)23-21(16)26)22-18-10-4-5-11-19(18)24-12-6-1-7-13-24/h2-5,8-11,16H,1,6-7,12-14H2,(H,22,25)(H,23,26)/t16-/m1/s1. The lowest BCUT2D eigenvalue weighted by Gasteiger charge is -2.30. The number of rotatable bonds is 4. The van der Waals surface area contributed by atoms with Gasteiger partial charge in [0.15, 0.2) is 0 Å². The van der Waals surface area contributed by atoms with Gasteiger partial charge in [0.05, 0.1) is 17.3 Å². The molecule has 1 fully saturated rings. The highest BCUT2D eigenvalue weighted by atomic mass is 16.2. The Bertz CT molecular complexity index is 828. The highest BCUT2D eigenvalue weighted by molar-refractivity contribution is 6.06. The second kappa shape index (κ2) is 7.20. The Morgan fingerprint density at radius 1 is 1.04 bits per heavy atom. The van der Waals surface area contributed by atoms with Gasteiger partial charge in [-0.2, -0.15) is 0 Å². The van der Waals surface area contributed by atoms with E-state index in [4.69, 9.17) is 0 Å². The van der Waals surface area contributed by atoms with Gasteiger partial charge in [0.25, 0.3) is 0 Å². The maximum Gasteiger partial charge on any atom is 0.232 e. The monoisotopic (exact) mass is 349 g/mol. The molecule has 0 bridgehead atoms. The van der Waals surface area contributed by atoms with Crippen LogP contribution in [0.15, 0.2) is 48.5 Å². The number of nitrogens with zero attached hydrogens (tertiary/aromatic N) is 1. The average Bonchev–Trinajstić information content (AvgIpc) is 2.98. The Balaban J connectivity index is 1.48. The number of carbonyl (C=O) groups excluding carboxylic acids is 2. The van der Waals surface area contributed by atoms with Crippen molar-refractivity contribution in [1.29, 1.82) is 0 Å². The summed E-state index contributed by atoms with van der Waals surface area (Å²) in [7, 11) is 0. The molecule has 2 aliphatic heterocycles. The fourth-order valence-electron chi connectivity index (χ4n) is 3.85. The largest absolute Gasteiger partial charge is 0.370 e. The van der Waals surface area contributed by atoms with Crippen LogP contribution < -0.4 is 15.5 Å². The molecule has 26 heavy (non-hydrogen) atoms. The van der Waals surface area contributed by atoms with Gasteiger partial charge in [-0.25, -0.2) is 0 Å². The van der Waals surface area contributed by atoms with Gasteiger partial charge in [-0.15, -0.1) is 0 Å². The van der Waals surface area contributed by atoms with Crippen molar-refractivity contribution >= 4 is 28.9 Å². The molecule has 2 amide bonds. The van der Waals surface area contributed by atoms with Crippen molar-refractivity contribution in [2.45, 2.75) is 31.6 Å². The van der Waals surface area contributed by atoms with Gasteiger partial charge in [0.1, 0.15) is 0 Å². The second-order valence-electron chi connectivity index (χ2n) is 6.95. The molecule has 5 heteroatoms. The molecule has 0 spiro atoms. The number of piperidine rings is 1. The second-order valence-corrected chi connectivity index (χ2v) is 6.95. The van der Waals surface area contributed by atoms with Crippen molar-refractivity contribution in [1.82, 2.24) is 0 Å². The van der Waals surface area contributed by atoms with Gasteiger partial charge in [-0.05, 0) is 43.0 Å². The van der Waals surface area contributed by atoms with Gasteiger partial charge in [-0.1, -0.05) is 30.3 Å². The Morgan fingerprint density at radius 2 is 1.77 bits per heavy atom. The van der Waals surface area contributed by atoms with E-state index in [1.54, 1.807) is 0 Å². The first-order valence-electron chi connectivity index (χ1n) is 9.26. The number of anilines is 3. The van der Waals surface area contributed by atoms with E-state index in [1.807, 2.05) is 42.5 Å². The molecule has 134 valence electrons. The van der Waals surface area contributed by atoms with E-state index in [2.05, 4.69) is 21.6 Å².